The lowest BCUT2D eigenvalue weighted by Gasteiger charge is -2.21. The lowest BCUT2D eigenvalue weighted by Crippen LogP contribution is -2.37. The Morgan fingerprint density at radius 1 is 1.18 bits per heavy atom. The van der Waals surface area contributed by atoms with Crippen molar-refractivity contribution in [2.45, 2.75) is 44.1 Å². The van der Waals surface area contributed by atoms with Crippen LogP contribution in [0.2, 0.25) is 0 Å². The molecular weight excluding hydrogens is 376 g/mol. The zero-order chi connectivity index (χ0) is 19.9. The maximum absolute atomic E-state index is 12.8. The average Bonchev–Trinajstić information content (AvgIpc) is 3.32. The van der Waals surface area contributed by atoms with Gasteiger partial charge in [-0.1, -0.05) is 12.1 Å². The summed E-state index contributed by atoms with van der Waals surface area (Å²) in [6, 6.07) is 10.7. The zero-order valence-corrected chi connectivity index (χ0v) is 16.9. The summed E-state index contributed by atoms with van der Waals surface area (Å²) >= 11 is 0. The summed E-state index contributed by atoms with van der Waals surface area (Å²) in [5, 5.41) is 0. The number of aryl methyl sites for hydroxylation is 2. The Bertz CT molecular complexity index is 1030. The van der Waals surface area contributed by atoms with Gasteiger partial charge in [0.1, 0.15) is 6.10 Å². The first-order valence-electron chi connectivity index (χ1n) is 9.51. The van der Waals surface area contributed by atoms with E-state index in [2.05, 4.69) is 4.72 Å². The van der Waals surface area contributed by atoms with E-state index in [1.807, 2.05) is 25.1 Å². The van der Waals surface area contributed by atoms with Crippen LogP contribution in [0.25, 0.3) is 0 Å². The van der Waals surface area contributed by atoms with Gasteiger partial charge in [0.05, 0.1) is 4.90 Å². The molecule has 1 N–H and O–H groups in total. The molecule has 2 aromatic rings. The van der Waals surface area contributed by atoms with Crippen LogP contribution < -0.4 is 9.62 Å². The van der Waals surface area contributed by atoms with Crippen molar-refractivity contribution in [3.05, 3.63) is 53.1 Å². The summed E-state index contributed by atoms with van der Waals surface area (Å²) in [6.07, 6.45) is 2.02. The number of anilines is 2. The number of hydrogen-bond acceptors (Lipinski definition) is 4. The van der Waals surface area contributed by atoms with Crippen LogP contribution in [-0.4, -0.2) is 33.6 Å². The molecule has 1 fully saturated rings. The Kier molecular flexibility index (Phi) is 4.89. The maximum Gasteiger partial charge on any atom is 0.262 e. The van der Waals surface area contributed by atoms with Gasteiger partial charge in [-0.2, -0.15) is 0 Å². The molecule has 6 nitrogen and oxygen atoms in total. The van der Waals surface area contributed by atoms with Crippen molar-refractivity contribution < 1.29 is 17.9 Å². The third-order valence-electron chi connectivity index (χ3n) is 5.33. The molecule has 0 bridgehead atoms. The summed E-state index contributed by atoms with van der Waals surface area (Å²) in [6.45, 7) is 4.89. The van der Waals surface area contributed by atoms with Gasteiger partial charge >= 0.3 is 0 Å². The molecule has 2 heterocycles. The molecule has 2 aliphatic rings. The van der Waals surface area contributed by atoms with Crippen LogP contribution in [0.3, 0.4) is 0 Å². The minimum atomic E-state index is -3.68. The van der Waals surface area contributed by atoms with Crippen LogP contribution in [0.4, 0.5) is 11.4 Å². The van der Waals surface area contributed by atoms with Crippen LogP contribution >= 0.6 is 0 Å². The summed E-state index contributed by atoms with van der Waals surface area (Å²) in [7, 11) is -3.68. The van der Waals surface area contributed by atoms with Crippen molar-refractivity contribution in [2.75, 3.05) is 22.8 Å². The number of fused-ring (bicyclic) bond motifs is 1. The Hall–Kier alpha value is -2.38. The van der Waals surface area contributed by atoms with Crippen LogP contribution in [0, 0.1) is 13.8 Å². The van der Waals surface area contributed by atoms with Crippen molar-refractivity contribution in [1.82, 2.24) is 0 Å². The monoisotopic (exact) mass is 400 g/mol. The third-order valence-corrected chi connectivity index (χ3v) is 6.85. The van der Waals surface area contributed by atoms with Gasteiger partial charge in [-0.25, -0.2) is 8.42 Å². The first kappa shape index (κ1) is 19.0. The number of hydrogen-bond donors (Lipinski definition) is 1. The van der Waals surface area contributed by atoms with Crippen molar-refractivity contribution >= 4 is 27.3 Å². The number of carbonyl (C=O) groups excluding carboxylic acids is 1. The molecule has 1 amide bonds. The molecule has 1 atom stereocenters. The standard InChI is InChI=1S/C21H24N2O4S/c1-14-5-6-15(2)20(12-14)28(25,26)22-17-7-8-18-16(13-17)9-10-23(18)21(24)19-4-3-11-27-19/h5-8,12-13,19,22H,3-4,9-11H2,1-2H3. The van der Waals surface area contributed by atoms with E-state index in [1.165, 1.54) is 0 Å². The van der Waals surface area contributed by atoms with Crippen molar-refractivity contribution in [3.63, 3.8) is 0 Å². The smallest absolute Gasteiger partial charge is 0.262 e. The van der Waals surface area contributed by atoms with E-state index >= 15 is 0 Å². The van der Waals surface area contributed by atoms with Crippen LogP contribution in [-0.2, 0) is 26.0 Å². The van der Waals surface area contributed by atoms with E-state index in [4.69, 9.17) is 4.74 Å². The molecule has 2 aliphatic heterocycles. The summed E-state index contributed by atoms with van der Waals surface area (Å²) in [4.78, 5) is 14.7. The normalized spacial score (nSPS) is 18.9. The van der Waals surface area contributed by atoms with Crippen molar-refractivity contribution in [3.8, 4) is 0 Å². The Morgan fingerprint density at radius 3 is 2.75 bits per heavy atom. The van der Waals surface area contributed by atoms with Gasteiger partial charge in [-0.3, -0.25) is 9.52 Å². The Labute approximate surface area is 165 Å². The molecule has 7 heteroatoms. The fourth-order valence-corrected chi connectivity index (χ4v) is 5.23. The highest BCUT2D eigenvalue weighted by Gasteiger charge is 2.33. The third kappa shape index (κ3) is 3.52. The van der Waals surface area contributed by atoms with E-state index in [9.17, 15) is 13.2 Å². The molecule has 1 unspecified atom stereocenters. The molecule has 148 valence electrons. The predicted octanol–water partition coefficient (Wildman–Crippen LogP) is 3.17. The highest BCUT2D eigenvalue weighted by atomic mass is 32.2. The van der Waals surface area contributed by atoms with Crippen LogP contribution in [0.5, 0.6) is 0 Å². The fourth-order valence-electron chi connectivity index (χ4n) is 3.85. The highest BCUT2D eigenvalue weighted by Crippen LogP contribution is 2.33. The van der Waals surface area contributed by atoms with Crippen LogP contribution in [0.1, 0.15) is 29.5 Å². The van der Waals surface area contributed by atoms with Gasteiger partial charge in [-0.05, 0) is 74.1 Å². The number of rotatable bonds is 4. The van der Waals surface area contributed by atoms with Crippen LogP contribution in [0.15, 0.2) is 41.3 Å². The number of nitrogens with one attached hydrogen (secondary N) is 1. The number of carbonyl (C=O) groups is 1. The number of nitrogens with zero attached hydrogens (tertiary/aromatic N) is 1. The van der Waals surface area contributed by atoms with Gasteiger partial charge in [0, 0.05) is 24.5 Å². The SMILES string of the molecule is Cc1ccc(C)c(S(=O)(=O)Nc2ccc3c(c2)CCN3C(=O)C2CCCO2)c1. The van der Waals surface area contributed by atoms with Crippen molar-refractivity contribution in [1.29, 1.82) is 0 Å². The lowest BCUT2D eigenvalue weighted by atomic mass is 10.1. The molecule has 0 aromatic heterocycles. The molecule has 2 aromatic carbocycles. The van der Waals surface area contributed by atoms with E-state index in [0.29, 0.717) is 30.8 Å². The van der Waals surface area contributed by atoms with Gasteiger partial charge in [0.15, 0.2) is 0 Å². The summed E-state index contributed by atoms with van der Waals surface area (Å²) in [5.74, 6) is -0.0000312. The molecule has 1 saturated heterocycles. The Morgan fingerprint density at radius 2 is 2.00 bits per heavy atom. The van der Waals surface area contributed by atoms with Crippen molar-refractivity contribution in [2.24, 2.45) is 0 Å². The molecule has 28 heavy (non-hydrogen) atoms. The van der Waals surface area contributed by atoms with E-state index < -0.39 is 10.0 Å². The minimum Gasteiger partial charge on any atom is -0.368 e. The maximum atomic E-state index is 12.8. The molecule has 0 aliphatic carbocycles. The minimum absolute atomic E-state index is 0.0000312. The summed E-state index contributed by atoms with van der Waals surface area (Å²) < 4.78 is 33.9. The number of amides is 1. The van der Waals surface area contributed by atoms with Gasteiger partial charge in [-0.15, -0.1) is 0 Å². The highest BCUT2D eigenvalue weighted by molar-refractivity contribution is 7.92. The fraction of sp³-hybridized carbons (Fsp3) is 0.381. The lowest BCUT2D eigenvalue weighted by molar-refractivity contribution is -0.127. The molecule has 0 spiro atoms. The Balaban J connectivity index is 1.57. The summed E-state index contributed by atoms with van der Waals surface area (Å²) in [5.41, 5.74) is 3.91. The molecule has 0 saturated carbocycles. The van der Waals surface area contributed by atoms with E-state index in [1.54, 1.807) is 30.0 Å². The predicted molar refractivity (Wildman–Crippen MR) is 108 cm³/mol. The van der Waals surface area contributed by atoms with Gasteiger partial charge < -0.3 is 9.64 Å². The molecule has 4 rings (SSSR count). The van der Waals surface area contributed by atoms with E-state index in [-0.39, 0.29) is 16.9 Å². The largest absolute Gasteiger partial charge is 0.368 e. The zero-order valence-electron chi connectivity index (χ0n) is 16.1. The topological polar surface area (TPSA) is 75.7 Å². The van der Waals surface area contributed by atoms with Gasteiger partial charge in [0.25, 0.3) is 15.9 Å². The molecular formula is C21H24N2O4S. The first-order valence-corrected chi connectivity index (χ1v) is 11.0. The molecule has 0 radical (unpaired) electrons. The second kappa shape index (κ2) is 7.22. The number of ether oxygens (including phenoxy) is 1. The average molecular weight is 401 g/mol. The van der Waals surface area contributed by atoms with Gasteiger partial charge in [0.2, 0.25) is 0 Å². The van der Waals surface area contributed by atoms with E-state index in [0.717, 1.165) is 29.7 Å². The quantitative estimate of drug-likeness (QED) is 0.855. The number of sulfonamides is 1. The first-order chi connectivity index (χ1) is 13.3. The number of benzene rings is 2. The second-order valence-corrected chi connectivity index (χ2v) is 9.11. The second-order valence-electron chi connectivity index (χ2n) is 7.46.